The average Bonchev–Trinajstić information content (AvgIpc) is 3.83. The number of hydrogen-bond acceptors (Lipinski definition) is 2. The van der Waals surface area contributed by atoms with Crippen molar-refractivity contribution in [3.63, 3.8) is 0 Å². The highest BCUT2D eigenvalue weighted by Gasteiger charge is 2.41. The quantitative estimate of drug-likeness (QED) is 0.159. The molecular weight excluding hydrogens is 775 g/mol. The van der Waals surface area contributed by atoms with E-state index in [4.69, 9.17) is 4.42 Å². The number of furan rings is 1. The second kappa shape index (κ2) is 15.1. The summed E-state index contributed by atoms with van der Waals surface area (Å²) >= 11 is 0. The first kappa shape index (κ1) is 38.7. The Morgan fingerprint density at radius 1 is 0.516 bits per heavy atom. The van der Waals surface area contributed by atoms with Gasteiger partial charge in [0.1, 0.15) is 11.2 Å². The number of allylic oxidation sites excluding steroid dienone is 2. The van der Waals surface area contributed by atoms with Crippen LogP contribution in [0.1, 0.15) is 81.0 Å². The Bertz CT molecular complexity index is 3330. The number of hydrogen-bond donors (Lipinski definition) is 0. The molecular formula is C62H53NO. The maximum absolute atomic E-state index is 6.57. The molecule has 1 heterocycles. The van der Waals surface area contributed by atoms with Crippen molar-refractivity contribution in [2.24, 2.45) is 0 Å². The summed E-state index contributed by atoms with van der Waals surface area (Å²) in [5, 5.41) is 5.01. The van der Waals surface area contributed by atoms with E-state index in [0.717, 1.165) is 21.9 Å². The second-order valence-electron chi connectivity index (χ2n) is 19.2. The van der Waals surface area contributed by atoms with Crippen LogP contribution in [0.4, 0.5) is 11.4 Å². The van der Waals surface area contributed by atoms with E-state index in [1.807, 2.05) is 0 Å². The molecule has 9 aromatic rings. The minimum atomic E-state index is -0.449. The Morgan fingerprint density at radius 2 is 1.19 bits per heavy atom. The molecule has 0 amide bonds. The first-order valence-electron chi connectivity index (χ1n) is 23.4. The van der Waals surface area contributed by atoms with Crippen LogP contribution in [0.15, 0.2) is 199 Å². The molecule has 0 N–H and O–H groups in total. The molecule has 12 rings (SSSR count). The van der Waals surface area contributed by atoms with Gasteiger partial charge in [0.25, 0.3) is 0 Å². The van der Waals surface area contributed by atoms with Crippen LogP contribution in [0.2, 0.25) is 0 Å². The van der Waals surface area contributed by atoms with Gasteiger partial charge in [-0.25, -0.2) is 0 Å². The van der Waals surface area contributed by atoms with Crippen molar-refractivity contribution in [1.29, 1.82) is 0 Å². The summed E-state index contributed by atoms with van der Waals surface area (Å²) in [7, 11) is 0. The number of anilines is 2. The van der Waals surface area contributed by atoms with Gasteiger partial charge < -0.3 is 9.32 Å². The van der Waals surface area contributed by atoms with E-state index >= 15 is 0 Å². The van der Waals surface area contributed by atoms with Crippen LogP contribution in [0.25, 0.3) is 66.1 Å². The normalized spacial score (nSPS) is 19.0. The lowest BCUT2D eigenvalue weighted by atomic mass is 9.72. The van der Waals surface area contributed by atoms with Crippen molar-refractivity contribution in [2.75, 3.05) is 4.90 Å². The summed E-state index contributed by atoms with van der Waals surface area (Å²) in [4.78, 5) is 2.67. The molecule has 312 valence electrons. The molecule has 2 nitrogen and oxygen atoms in total. The van der Waals surface area contributed by atoms with Gasteiger partial charge in [-0.2, -0.15) is 0 Å². The third-order valence-electron chi connectivity index (χ3n) is 15.2. The Morgan fingerprint density at radius 3 is 2.03 bits per heavy atom. The van der Waals surface area contributed by atoms with Crippen molar-refractivity contribution in [3.8, 4) is 33.4 Å². The third kappa shape index (κ3) is 6.06. The van der Waals surface area contributed by atoms with Crippen molar-refractivity contribution in [1.82, 2.24) is 0 Å². The average molecular weight is 828 g/mol. The van der Waals surface area contributed by atoms with Gasteiger partial charge in [0, 0.05) is 44.1 Å². The Labute approximate surface area is 377 Å². The molecule has 1 aromatic heterocycles. The fourth-order valence-corrected chi connectivity index (χ4v) is 11.9. The zero-order valence-corrected chi connectivity index (χ0v) is 37.0. The lowest BCUT2D eigenvalue weighted by Crippen LogP contribution is -2.46. The number of rotatable bonds is 7. The van der Waals surface area contributed by atoms with Gasteiger partial charge in [-0.15, -0.1) is 0 Å². The first-order valence-corrected chi connectivity index (χ1v) is 23.4. The van der Waals surface area contributed by atoms with Gasteiger partial charge in [-0.05, 0) is 111 Å². The van der Waals surface area contributed by atoms with E-state index in [0.29, 0.717) is 5.92 Å². The largest absolute Gasteiger partial charge is 0.456 e. The molecule has 0 saturated heterocycles. The molecule has 0 aliphatic heterocycles. The van der Waals surface area contributed by atoms with Crippen LogP contribution in [-0.2, 0) is 10.8 Å². The van der Waals surface area contributed by atoms with E-state index in [1.54, 1.807) is 0 Å². The minimum Gasteiger partial charge on any atom is -0.456 e. The zero-order chi connectivity index (χ0) is 43.0. The molecule has 0 radical (unpaired) electrons. The summed E-state index contributed by atoms with van der Waals surface area (Å²) in [6.07, 6.45) is 15.8. The highest BCUT2D eigenvalue weighted by Crippen LogP contribution is 2.53. The number of benzene rings is 8. The monoisotopic (exact) mass is 827 g/mol. The number of fused-ring (bicyclic) bond motifs is 7. The zero-order valence-electron chi connectivity index (χ0n) is 37.0. The summed E-state index contributed by atoms with van der Waals surface area (Å²) in [5.74, 6) is 0.570. The van der Waals surface area contributed by atoms with Crippen LogP contribution in [0, 0.1) is 0 Å². The summed E-state index contributed by atoms with van der Waals surface area (Å²) < 4.78 is 6.57. The third-order valence-corrected chi connectivity index (χ3v) is 15.2. The molecule has 3 aliphatic rings. The number of nitrogens with zero attached hydrogens (tertiary/aromatic N) is 1. The van der Waals surface area contributed by atoms with Crippen LogP contribution >= 0.6 is 0 Å². The maximum atomic E-state index is 6.57. The topological polar surface area (TPSA) is 16.4 Å². The Kier molecular flexibility index (Phi) is 9.16. The fraction of sp³-hybridized carbons (Fsp3) is 0.194. The fourth-order valence-electron chi connectivity index (χ4n) is 11.9. The minimum absolute atomic E-state index is 0.107. The van der Waals surface area contributed by atoms with E-state index in [2.05, 4.69) is 220 Å². The van der Waals surface area contributed by atoms with Gasteiger partial charge in [-0.1, -0.05) is 197 Å². The van der Waals surface area contributed by atoms with Gasteiger partial charge in [0.2, 0.25) is 0 Å². The van der Waals surface area contributed by atoms with E-state index in [9.17, 15) is 0 Å². The van der Waals surface area contributed by atoms with Crippen LogP contribution in [-0.4, -0.2) is 6.04 Å². The van der Waals surface area contributed by atoms with Crippen LogP contribution in [0.5, 0.6) is 0 Å². The molecule has 2 unspecified atom stereocenters. The summed E-state index contributed by atoms with van der Waals surface area (Å²) in [5.41, 5.74) is 16.8. The Hall–Kier alpha value is -6.90. The Balaban J connectivity index is 1.09. The van der Waals surface area contributed by atoms with Crippen LogP contribution < -0.4 is 4.90 Å². The van der Waals surface area contributed by atoms with Crippen molar-refractivity contribution < 1.29 is 4.42 Å². The molecule has 0 bridgehead atoms. The molecule has 2 atom stereocenters. The highest BCUT2D eigenvalue weighted by molar-refractivity contribution is 6.06. The van der Waals surface area contributed by atoms with Crippen molar-refractivity contribution in [3.05, 3.63) is 216 Å². The van der Waals surface area contributed by atoms with Crippen LogP contribution in [0.3, 0.4) is 0 Å². The predicted octanol–water partition coefficient (Wildman–Crippen LogP) is 17.0. The summed E-state index contributed by atoms with van der Waals surface area (Å²) in [6, 6.07) is 63.6. The molecule has 8 aromatic carbocycles. The molecule has 2 heteroatoms. The molecule has 0 spiro atoms. The van der Waals surface area contributed by atoms with Crippen molar-refractivity contribution >= 4 is 44.1 Å². The van der Waals surface area contributed by atoms with Crippen molar-refractivity contribution in [2.45, 2.75) is 75.7 Å². The SMILES string of the molecule is CC1(C)c2ccccc2-c2ccc(-c3ccccc3N(c3ccccc3-c3cccc4cccc(C5CCCCC5)c34)C3C=CC=CC3(C)c3ccc4c(c3)oc3ccccc34)cc21. The smallest absolute Gasteiger partial charge is 0.135 e. The van der Waals surface area contributed by atoms with Gasteiger partial charge >= 0.3 is 0 Å². The standard InChI is InChI=1S/C62H53NO/c1-61(2)53-29-11-7-24-47(53)48-36-34-43(39-54(48)61)45-23-8-12-30-55(45)63(59-33-15-16-38-62(59,3)44-35-37-51-50-26-10-14-32-57(50)64-58(51)40-44)56-31-13-9-25-49(56)52-28-18-22-42-21-17-27-46(60(42)52)41-19-5-4-6-20-41/h7-18,21-41,59H,4-6,19-20H2,1-3H3. The van der Waals surface area contributed by atoms with Gasteiger partial charge in [-0.3, -0.25) is 0 Å². The lowest BCUT2D eigenvalue weighted by Gasteiger charge is -2.45. The van der Waals surface area contributed by atoms with Gasteiger partial charge in [0.05, 0.1) is 6.04 Å². The predicted molar refractivity (Wildman–Crippen MR) is 270 cm³/mol. The van der Waals surface area contributed by atoms with E-state index < -0.39 is 5.41 Å². The van der Waals surface area contributed by atoms with E-state index in [-0.39, 0.29) is 11.5 Å². The molecule has 1 fully saturated rings. The highest BCUT2D eigenvalue weighted by atomic mass is 16.3. The molecule has 3 aliphatic carbocycles. The maximum Gasteiger partial charge on any atom is 0.135 e. The van der Waals surface area contributed by atoms with E-state index in [1.165, 1.54) is 110 Å². The number of para-hydroxylation sites is 3. The summed E-state index contributed by atoms with van der Waals surface area (Å²) in [6.45, 7) is 7.17. The first-order chi connectivity index (χ1) is 31.4. The lowest BCUT2D eigenvalue weighted by molar-refractivity contribution is 0.445. The molecule has 1 saturated carbocycles. The molecule has 64 heavy (non-hydrogen) atoms. The second-order valence-corrected chi connectivity index (χ2v) is 19.2. The van der Waals surface area contributed by atoms with Gasteiger partial charge in [0.15, 0.2) is 0 Å².